The maximum Gasteiger partial charge on any atom is 0.433 e. The second-order valence-corrected chi connectivity index (χ2v) is 8.58. The quantitative estimate of drug-likeness (QED) is 0.649. The summed E-state index contributed by atoms with van der Waals surface area (Å²) < 4.78 is 65.9. The predicted octanol–water partition coefficient (Wildman–Crippen LogP) is 3.16. The number of hydrogen-bond donors (Lipinski definition) is 0. The molecule has 2 aromatic carbocycles. The zero-order chi connectivity index (χ0) is 20.6. The van der Waals surface area contributed by atoms with Gasteiger partial charge in [0.05, 0.1) is 4.90 Å². The van der Waals surface area contributed by atoms with Gasteiger partial charge in [-0.1, -0.05) is 30.3 Å². The van der Waals surface area contributed by atoms with Crippen LogP contribution >= 0.6 is 0 Å². The number of fused-ring (bicyclic) bond motifs is 1. The fourth-order valence-electron chi connectivity index (χ4n) is 3.26. The molecule has 0 bridgehead atoms. The van der Waals surface area contributed by atoms with Crippen molar-refractivity contribution in [2.75, 3.05) is 31.1 Å². The van der Waals surface area contributed by atoms with Crippen molar-refractivity contribution in [3.8, 4) is 0 Å². The number of nitrogens with zero attached hydrogens (tertiary/aromatic N) is 4. The molecule has 3 aromatic rings. The van der Waals surface area contributed by atoms with E-state index in [1.54, 1.807) is 23.1 Å². The maximum absolute atomic E-state index is 13.0. The van der Waals surface area contributed by atoms with Gasteiger partial charge in [0.15, 0.2) is 0 Å². The molecule has 1 saturated heterocycles. The molecule has 0 aliphatic carbocycles. The molecule has 0 spiro atoms. The molecule has 4 rings (SSSR count). The van der Waals surface area contributed by atoms with Crippen molar-refractivity contribution in [3.63, 3.8) is 0 Å². The fourth-order valence-corrected chi connectivity index (χ4v) is 4.72. The van der Waals surface area contributed by atoms with E-state index in [0.717, 1.165) is 23.0 Å². The van der Waals surface area contributed by atoms with Crippen LogP contribution in [0.5, 0.6) is 0 Å². The molecule has 0 radical (unpaired) electrons. The van der Waals surface area contributed by atoms with E-state index in [-0.39, 0.29) is 37.0 Å². The van der Waals surface area contributed by atoms with E-state index in [1.807, 2.05) is 24.3 Å². The molecule has 0 amide bonds. The number of anilines is 1. The number of sulfonamides is 1. The van der Waals surface area contributed by atoms with Crippen LogP contribution in [0.1, 0.15) is 5.69 Å². The van der Waals surface area contributed by atoms with Crippen molar-refractivity contribution in [2.24, 2.45) is 0 Å². The van der Waals surface area contributed by atoms with Gasteiger partial charge in [0, 0.05) is 32.4 Å². The highest BCUT2D eigenvalue weighted by Gasteiger charge is 2.34. The standard InChI is InChI=1S/C19H17F3N4O2S/c20-19(21,22)17-7-8-23-18(24-17)25-9-11-26(12-10-25)29(27,28)16-6-5-14-3-1-2-4-15(14)13-16/h1-8,13H,9-12H2. The first-order valence-electron chi connectivity index (χ1n) is 8.89. The van der Waals surface area contributed by atoms with Gasteiger partial charge in [0.1, 0.15) is 5.69 Å². The monoisotopic (exact) mass is 422 g/mol. The number of benzene rings is 2. The fraction of sp³-hybridized carbons (Fsp3) is 0.263. The number of aromatic nitrogens is 2. The molecule has 1 aliphatic heterocycles. The molecular weight excluding hydrogens is 405 g/mol. The van der Waals surface area contributed by atoms with Gasteiger partial charge in [-0.25, -0.2) is 18.4 Å². The summed E-state index contributed by atoms with van der Waals surface area (Å²) in [6.07, 6.45) is -3.50. The van der Waals surface area contributed by atoms with Crippen LogP contribution in [0.4, 0.5) is 19.1 Å². The second kappa shape index (κ2) is 7.27. The first kappa shape index (κ1) is 19.6. The first-order valence-corrected chi connectivity index (χ1v) is 10.3. The van der Waals surface area contributed by atoms with Gasteiger partial charge in [0.25, 0.3) is 0 Å². The molecule has 0 unspecified atom stereocenters. The summed E-state index contributed by atoms with van der Waals surface area (Å²) in [6.45, 7) is 0.672. The lowest BCUT2D eigenvalue weighted by Gasteiger charge is -2.34. The molecule has 10 heteroatoms. The minimum Gasteiger partial charge on any atom is -0.338 e. The molecular formula is C19H17F3N4O2S. The first-order chi connectivity index (χ1) is 13.7. The van der Waals surface area contributed by atoms with Gasteiger partial charge in [-0.2, -0.15) is 17.5 Å². The molecule has 152 valence electrons. The molecule has 0 saturated carbocycles. The molecule has 6 nitrogen and oxygen atoms in total. The summed E-state index contributed by atoms with van der Waals surface area (Å²) in [6, 6.07) is 13.2. The zero-order valence-electron chi connectivity index (χ0n) is 15.2. The van der Waals surface area contributed by atoms with E-state index in [2.05, 4.69) is 9.97 Å². The summed E-state index contributed by atoms with van der Waals surface area (Å²) in [5, 5.41) is 1.77. The van der Waals surface area contributed by atoms with Crippen molar-refractivity contribution < 1.29 is 21.6 Å². The number of halogens is 3. The van der Waals surface area contributed by atoms with E-state index in [9.17, 15) is 21.6 Å². The number of rotatable bonds is 3. The minimum absolute atomic E-state index is 0.0532. The third kappa shape index (κ3) is 3.90. The Morgan fingerprint density at radius 3 is 2.28 bits per heavy atom. The van der Waals surface area contributed by atoms with E-state index >= 15 is 0 Å². The highest BCUT2D eigenvalue weighted by Crippen LogP contribution is 2.29. The second-order valence-electron chi connectivity index (χ2n) is 6.64. The summed E-state index contributed by atoms with van der Waals surface area (Å²) in [7, 11) is -3.70. The van der Waals surface area contributed by atoms with Gasteiger partial charge >= 0.3 is 6.18 Å². The number of alkyl halides is 3. The molecule has 2 heterocycles. The lowest BCUT2D eigenvalue weighted by molar-refractivity contribution is -0.141. The molecule has 1 fully saturated rings. The average molecular weight is 422 g/mol. The van der Waals surface area contributed by atoms with Crippen LogP contribution in [0.3, 0.4) is 0 Å². The van der Waals surface area contributed by atoms with Crippen LogP contribution in [0.15, 0.2) is 59.6 Å². The zero-order valence-corrected chi connectivity index (χ0v) is 16.0. The Hall–Kier alpha value is -2.72. The van der Waals surface area contributed by atoms with Gasteiger partial charge in [-0.05, 0) is 29.0 Å². The van der Waals surface area contributed by atoms with E-state index < -0.39 is 21.9 Å². The van der Waals surface area contributed by atoms with Crippen molar-refractivity contribution in [2.45, 2.75) is 11.1 Å². The van der Waals surface area contributed by atoms with Crippen LogP contribution in [-0.2, 0) is 16.2 Å². The van der Waals surface area contributed by atoms with Crippen molar-refractivity contribution in [1.29, 1.82) is 0 Å². The minimum atomic E-state index is -4.56. The molecule has 0 atom stereocenters. The molecule has 1 aliphatic rings. The number of piperazine rings is 1. The van der Waals surface area contributed by atoms with Gasteiger partial charge in [0.2, 0.25) is 16.0 Å². The Labute approximate surface area is 165 Å². The van der Waals surface area contributed by atoms with Gasteiger partial charge in [-0.15, -0.1) is 0 Å². The van der Waals surface area contributed by atoms with Crippen molar-refractivity contribution >= 4 is 26.7 Å². The van der Waals surface area contributed by atoms with Crippen molar-refractivity contribution in [3.05, 3.63) is 60.4 Å². The van der Waals surface area contributed by atoms with Crippen LogP contribution in [-0.4, -0.2) is 48.9 Å². The van der Waals surface area contributed by atoms with Crippen molar-refractivity contribution in [1.82, 2.24) is 14.3 Å². The smallest absolute Gasteiger partial charge is 0.338 e. The summed E-state index contributed by atoms with van der Waals surface area (Å²) in [4.78, 5) is 9.22. The SMILES string of the molecule is O=S(=O)(c1ccc2ccccc2c1)N1CCN(c2nccc(C(F)(F)F)n2)CC1. The Morgan fingerprint density at radius 2 is 1.59 bits per heavy atom. The highest BCUT2D eigenvalue weighted by molar-refractivity contribution is 7.89. The highest BCUT2D eigenvalue weighted by atomic mass is 32.2. The van der Waals surface area contributed by atoms with Gasteiger partial charge < -0.3 is 4.90 Å². The van der Waals surface area contributed by atoms with E-state index in [1.165, 1.54) is 4.31 Å². The Bertz CT molecular complexity index is 1140. The lowest BCUT2D eigenvalue weighted by Crippen LogP contribution is -2.49. The summed E-state index contributed by atoms with van der Waals surface area (Å²) in [5.41, 5.74) is -1.02. The lowest BCUT2D eigenvalue weighted by atomic mass is 10.1. The average Bonchev–Trinajstić information content (AvgIpc) is 2.73. The van der Waals surface area contributed by atoms with Crippen LogP contribution in [0, 0.1) is 0 Å². The summed E-state index contributed by atoms with van der Waals surface area (Å²) in [5.74, 6) is -0.0532. The third-order valence-corrected chi connectivity index (χ3v) is 6.71. The molecule has 1 aromatic heterocycles. The maximum atomic E-state index is 13.0. The van der Waals surface area contributed by atoms with Gasteiger partial charge in [-0.3, -0.25) is 0 Å². The Morgan fingerprint density at radius 1 is 0.897 bits per heavy atom. The van der Waals surface area contributed by atoms with E-state index in [4.69, 9.17) is 0 Å². The Kier molecular flexibility index (Phi) is 4.91. The summed E-state index contributed by atoms with van der Waals surface area (Å²) >= 11 is 0. The van der Waals surface area contributed by atoms with Crippen LogP contribution in [0.2, 0.25) is 0 Å². The predicted molar refractivity (Wildman–Crippen MR) is 102 cm³/mol. The molecule has 29 heavy (non-hydrogen) atoms. The normalized spacial score (nSPS) is 16.3. The topological polar surface area (TPSA) is 66.4 Å². The molecule has 0 N–H and O–H groups in total. The third-order valence-electron chi connectivity index (χ3n) is 4.81. The van der Waals surface area contributed by atoms with Crippen LogP contribution < -0.4 is 4.90 Å². The van der Waals surface area contributed by atoms with Crippen LogP contribution in [0.25, 0.3) is 10.8 Å². The van der Waals surface area contributed by atoms with E-state index in [0.29, 0.717) is 0 Å². The largest absolute Gasteiger partial charge is 0.433 e. The number of hydrogen-bond acceptors (Lipinski definition) is 5. The Balaban J connectivity index is 1.51.